The van der Waals surface area contributed by atoms with Crippen LogP contribution in [0.1, 0.15) is 0 Å². The van der Waals surface area contributed by atoms with Gasteiger partial charge < -0.3 is 23.5 Å². The Morgan fingerprint density at radius 1 is 1.04 bits per heavy atom. The van der Waals surface area contributed by atoms with Crippen LogP contribution in [0.15, 0.2) is 56.2 Å². The summed E-state index contributed by atoms with van der Waals surface area (Å²) in [5.74, 6) is 1.45. The topological polar surface area (TPSA) is 108 Å². The molecule has 128 valence electrons. The van der Waals surface area contributed by atoms with Gasteiger partial charge in [-0.25, -0.2) is 4.79 Å². The Bertz CT molecular complexity index is 1210. The number of ether oxygens (including phenoxy) is 2. The maximum absolute atomic E-state index is 12.2. The van der Waals surface area contributed by atoms with Crippen LogP contribution in [-0.2, 0) is 0 Å². The molecule has 5 rings (SSSR count). The highest BCUT2D eigenvalue weighted by Crippen LogP contribution is 2.35. The number of phenolic OH excluding ortho intramolecular Hbond substituents is 1. The van der Waals surface area contributed by atoms with Crippen molar-refractivity contribution in [3.63, 3.8) is 0 Å². The number of para-hydroxylation sites is 1. The van der Waals surface area contributed by atoms with Crippen molar-refractivity contribution in [1.29, 1.82) is 0 Å². The monoisotopic (exact) mass is 350 g/mol. The fraction of sp³-hybridized carbons (Fsp3) is 0.0556. The summed E-state index contributed by atoms with van der Waals surface area (Å²) in [5.41, 5.74) is 0.200. The lowest BCUT2D eigenvalue weighted by Gasteiger charge is -2.00. The molecule has 1 aliphatic heterocycles. The highest BCUT2D eigenvalue weighted by atomic mass is 16.7. The standard InChI is InChI=1S/C18H10N2O6/c21-12-3-1-2-9-6-11(18(22)25-15(9)12)17-19-16(20-26-17)10-4-5-13-14(7-10)24-8-23-13/h1-7,21H,8H2. The highest BCUT2D eigenvalue weighted by Gasteiger charge is 2.19. The molecule has 0 radical (unpaired) electrons. The van der Waals surface area contributed by atoms with Gasteiger partial charge in [-0.3, -0.25) is 0 Å². The number of nitrogens with zero attached hydrogens (tertiary/aromatic N) is 2. The van der Waals surface area contributed by atoms with E-state index in [4.69, 9.17) is 18.4 Å². The first-order valence-corrected chi connectivity index (χ1v) is 7.69. The first-order chi connectivity index (χ1) is 12.7. The van der Waals surface area contributed by atoms with E-state index in [9.17, 15) is 9.90 Å². The minimum Gasteiger partial charge on any atom is -0.504 e. The molecule has 8 heteroatoms. The predicted molar refractivity (Wildman–Crippen MR) is 89.0 cm³/mol. The fourth-order valence-electron chi connectivity index (χ4n) is 2.76. The third-order valence-corrected chi connectivity index (χ3v) is 4.03. The summed E-state index contributed by atoms with van der Waals surface area (Å²) in [4.78, 5) is 16.5. The minimum atomic E-state index is -0.681. The normalized spacial score (nSPS) is 12.6. The van der Waals surface area contributed by atoms with Gasteiger partial charge in [0, 0.05) is 10.9 Å². The zero-order chi connectivity index (χ0) is 17.7. The van der Waals surface area contributed by atoms with Crippen molar-refractivity contribution in [1.82, 2.24) is 10.1 Å². The van der Waals surface area contributed by atoms with E-state index in [0.717, 1.165) is 0 Å². The van der Waals surface area contributed by atoms with Crippen molar-refractivity contribution in [2.24, 2.45) is 0 Å². The van der Waals surface area contributed by atoms with Crippen molar-refractivity contribution in [3.8, 4) is 40.1 Å². The Morgan fingerprint density at radius 2 is 1.92 bits per heavy atom. The Hall–Kier alpha value is -3.81. The second-order valence-corrected chi connectivity index (χ2v) is 5.63. The van der Waals surface area contributed by atoms with Crippen LogP contribution >= 0.6 is 0 Å². The lowest BCUT2D eigenvalue weighted by molar-refractivity contribution is 0.174. The molecule has 2 aromatic carbocycles. The molecule has 0 aliphatic carbocycles. The van der Waals surface area contributed by atoms with Crippen LogP contribution in [0.25, 0.3) is 33.8 Å². The number of aromatic hydroxyl groups is 1. The Labute approximate surface area is 145 Å². The van der Waals surface area contributed by atoms with Crippen molar-refractivity contribution < 1.29 is 23.5 Å². The molecule has 0 atom stereocenters. The first-order valence-electron chi connectivity index (χ1n) is 7.69. The number of phenols is 1. The second kappa shape index (κ2) is 5.35. The van der Waals surface area contributed by atoms with Gasteiger partial charge in [-0.1, -0.05) is 17.3 Å². The number of fused-ring (bicyclic) bond motifs is 2. The van der Waals surface area contributed by atoms with Crippen LogP contribution in [0.4, 0.5) is 0 Å². The lowest BCUT2D eigenvalue weighted by atomic mass is 10.1. The van der Waals surface area contributed by atoms with Gasteiger partial charge in [0.15, 0.2) is 22.8 Å². The van der Waals surface area contributed by atoms with Gasteiger partial charge in [0.05, 0.1) is 0 Å². The largest absolute Gasteiger partial charge is 0.504 e. The Morgan fingerprint density at radius 3 is 2.85 bits per heavy atom. The van der Waals surface area contributed by atoms with E-state index in [-0.39, 0.29) is 29.6 Å². The van der Waals surface area contributed by atoms with Crippen molar-refractivity contribution in [2.45, 2.75) is 0 Å². The van der Waals surface area contributed by atoms with Crippen LogP contribution in [-0.4, -0.2) is 22.0 Å². The van der Waals surface area contributed by atoms with Crippen molar-refractivity contribution in [2.75, 3.05) is 6.79 Å². The van der Waals surface area contributed by atoms with E-state index >= 15 is 0 Å². The molecule has 0 saturated heterocycles. The molecule has 26 heavy (non-hydrogen) atoms. The SMILES string of the molecule is O=c1oc2c(O)cccc2cc1-c1nc(-c2ccc3c(c2)OCO3)no1. The van der Waals surface area contributed by atoms with Gasteiger partial charge in [0.25, 0.3) is 5.89 Å². The van der Waals surface area contributed by atoms with E-state index in [1.54, 1.807) is 30.3 Å². The average Bonchev–Trinajstić information content (AvgIpc) is 3.30. The molecule has 0 amide bonds. The summed E-state index contributed by atoms with van der Waals surface area (Å²) in [6.45, 7) is 0.168. The Balaban J connectivity index is 1.59. The van der Waals surface area contributed by atoms with E-state index in [1.165, 1.54) is 12.1 Å². The van der Waals surface area contributed by atoms with Gasteiger partial charge in [-0.2, -0.15) is 4.98 Å². The van der Waals surface area contributed by atoms with Gasteiger partial charge in [-0.15, -0.1) is 0 Å². The summed E-state index contributed by atoms with van der Waals surface area (Å²) in [6.07, 6.45) is 0. The first kappa shape index (κ1) is 14.5. The maximum atomic E-state index is 12.2. The van der Waals surface area contributed by atoms with Gasteiger partial charge in [-0.05, 0) is 30.3 Å². The molecular weight excluding hydrogens is 340 g/mol. The number of hydrogen-bond donors (Lipinski definition) is 1. The molecule has 1 aliphatic rings. The third-order valence-electron chi connectivity index (χ3n) is 4.03. The number of hydrogen-bond acceptors (Lipinski definition) is 8. The molecule has 0 saturated carbocycles. The van der Waals surface area contributed by atoms with Gasteiger partial charge >= 0.3 is 5.63 Å². The van der Waals surface area contributed by atoms with Crippen molar-refractivity contribution in [3.05, 3.63) is 52.9 Å². The summed E-state index contributed by atoms with van der Waals surface area (Å²) < 4.78 is 21.0. The van der Waals surface area contributed by atoms with E-state index < -0.39 is 5.63 Å². The summed E-state index contributed by atoms with van der Waals surface area (Å²) in [5, 5.41) is 14.2. The fourth-order valence-corrected chi connectivity index (χ4v) is 2.76. The van der Waals surface area contributed by atoms with Crippen LogP contribution < -0.4 is 15.1 Å². The number of benzene rings is 2. The molecule has 0 fully saturated rings. The predicted octanol–water partition coefficient (Wildman–Crippen LogP) is 2.94. The molecule has 0 spiro atoms. The molecule has 0 bridgehead atoms. The molecule has 3 heterocycles. The minimum absolute atomic E-state index is 0.0247. The lowest BCUT2D eigenvalue weighted by Crippen LogP contribution is -2.02. The summed E-state index contributed by atoms with van der Waals surface area (Å²) in [7, 11) is 0. The highest BCUT2D eigenvalue weighted by molar-refractivity contribution is 5.84. The van der Waals surface area contributed by atoms with Gasteiger partial charge in [0.1, 0.15) is 5.56 Å². The average molecular weight is 350 g/mol. The van der Waals surface area contributed by atoms with E-state index in [2.05, 4.69) is 10.1 Å². The molecule has 4 aromatic rings. The molecule has 1 N–H and O–H groups in total. The zero-order valence-electron chi connectivity index (χ0n) is 13.1. The summed E-state index contributed by atoms with van der Waals surface area (Å²) in [6, 6.07) is 11.6. The third kappa shape index (κ3) is 2.20. The van der Waals surface area contributed by atoms with E-state index in [1.807, 2.05) is 0 Å². The quantitative estimate of drug-likeness (QED) is 0.550. The smallest absolute Gasteiger partial charge is 0.349 e. The molecule has 0 unspecified atom stereocenters. The van der Waals surface area contributed by atoms with Crippen LogP contribution in [0.2, 0.25) is 0 Å². The molecule has 2 aromatic heterocycles. The Kier molecular flexibility index (Phi) is 2.99. The summed E-state index contributed by atoms with van der Waals surface area (Å²) >= 11 is 0. The van der Waals surface area contributed by atoms with E-state index in [0.29, 0.717) is 28.3 Å². The number of rotatable bonds is 2. The zero-order valence-corrected chi connectivity index (χ0v) is 13.1. The van der Waals surface area contributed by atoms with Crippen LogP contribution in [0, 0.1) is 0 Å². The number of aromatic nitrogens is 2. The maximum Gasteiger partial charge on any atom is 0.349 e. The molecule has 8 nitrogen and oxygen atoms in total. The molecular formula is C18H10N2O6. The van der Waals surface area contributed by atoms with Crippen LogP contribution in [0.5, 0.6) is 17.2 Å². The van der Waals surface area contributed by atoms with Crippen molar-refractivity contribution >= 4 is 11.0 Å². The van der Waals surface area contributed by atoms with Crippen LogP contribution in [0.3, 0.4) is 0 Å². The van der Waals surface area contributed by atoms with Gasteiger partial charge in [0.2, 0.25) is 12.6 Å². The second-order valence-electron chi connectivity index (χ2n) is 5.63.